The Morgan fingerprint density at radius 1 is 1.50 bits per heavy atom. The summed E-state index contributed by atoms with van der Waals surface area (Å²) in [6.07, 6.45) is 1.87. The molecule has 2 amide bonds. The van der Waals surface area contributed by atoms with Crippen LogP contribution >= 0.6 is 0 Å². The number of aliphatic hydroxyl groups is 1. The van der Waals surface area contributed by atoms with Gasteiger partial charge in [-0.2, -0.15) is 0 Å². The lowest BCUT2D eigenvalue weighted by Crippen LogP contribution is -2.35. The summed E-state index contributed by atoms with van der Waals surface area (Å²) in [4.78, 5) is 11.6. The van der Waals surface area contributed by atoms with Crippen molar-refractivity contribution in [1.82, 2.24) is 5.32 Å². The molecule has 0 aliphatic heterocycles. The topological polar surface area (TPSA) is 61.4 Å². The largest absolute Gasteiger partial charge is 0.396 e. The summed E-state index contributed by atoms with van der Waals surface area (Å²) in [5, 5.41) is 14.4. The second-order valence-electron chi connectivity index (χ2n) is 4.93. The number of hydrogen-bond donors (Lipinski definition) is 3. The zero-order valence-corrected chi connectivity index (χ0v) is 10.3. The summed E-state index contributed by atoms with van der Waals surface area (Å²) < 4.78 is 13.0. The van der Waals surface area contributed by atoms with Gasteiger partial charge in [-0.15, -0.1) is 0 Å². The molecule has 0 unspecified atom stereocenters. The molecular weight excluding hydrogens is 235 g/mol. The number of carbonyl (C=O) groups excluding carboxylic acids is 1. The van der Waals surface area contributed by atoms with E-state index < -0.39 is 0 Å². The van der Waals surface area contributed by atoms with E-state index in [0.717, 1.165) is 18.4 Å². The Labute approximate surface area is 105 Å². The molecule has 0 bridgehead atoms. The monoisotopic (exact) mass is 252 g/mol. The van der Waals surface area contributed by atoms with Crippen LogP contribution in [0.25, 0.3) is 0 Å². The number of nitrogens with one attached hydrogen (secondary N) is 2. The van der Waals surface area contributed by atoms with E-state index in [1.807, 2.05) is 0 Å². The second-order valence-corrected chi connectivity index (χ2v) is 4.93. The molecule has 0 atom stereocenters. The van der Waals surface area contributed by atoms with Crippen molar-refractivity contribution in [1.29, 1.82) is 0 Å². The van der Waals surface area contributed by atoms with Gasteiger partial charge in [0.15, 0.2) is 0 Å². The van der Waals surface area contributed by atoms with Gasteiger partial charge in [0.05, 0.1) is 6.61 Å². The molecule has 1 saturated carbocycles. The van der Waals surface area contributed by atoms with Crippen LogP contribution in [0.4, 0.5) is 14.9 Å². The highest BCUT2D eigenvalue weighted by molar-refractivity contribution is 5.90. The van der Waals surface area contributed by atoms with Gasteiger partial charge >= 0.3 is 6.03 Å². The van der Waals surface area contributed by atoms with E-state index in [1.165, 1.54) is 12.1 Å². The first kappa shape index (κ1) is 12.8. The molecule has 1 aromatic rings. The number of benzene rings is 1. The van der Waals surface area contributed by atoms with Crippen molar-refractivity contribution in [2.75, 3.05) is 18.5 Å². The Morgan fingerprint density at radius 3 is 2.83 bits per heavy atom. The zero-order valence-electron chi connectivity index (χ0n) is 10.3. The highest BCUT2D eigenvalue weighted by Crippen LogP contribution is 2.44. The third kappa shape index (κ3) is 2.98. The Balaban J connectivity index is 1.89. The molecule has 5 heteroatoms. The predicted molar refractivity (Wildman–Crippen MR) is 66.9 cm³/mol. The summed E-state index contributed by atoms with van der Waals surface area (Å²) in [5.41, 5.74) is 1.13. The van der Waals surface area contributed by atoms with E-state index in [2.05, 4.69) is 10.6 Å². The third-order valence-electron chi connectivity index (χ3n) is 3.36. The van der Waals surface area contributed by atoms with E-state index in [9.17, 15) is 9.18 Å². The van der Waals surface area contributed by atoms with Gasteiger partial charge in [-0.3, -0.25) is 0 Å². The molecule has 1 fully saturated rings. The Kier molecular flexibility index (Phi) is 3.52. The summed E-state index contributed by atoms with van der Waals surface area (Å²) in [7, 11) is 0. The quantitative estimate of drug-likeness (QED) is 0.767. The van der Waals surface area contributed by atoms with E-state index in [-0.39, 0.29) is 23.9 Å². The van der Waals surface area contributed by atoms with Crippen molar-refractivity contribution in [2.24, 2.45) is 5.41 Å². The maximum atomic E-state index is 13.0. The van der Waals surface area contributed by atoms with Gasteiger partial charge in [-0.25, -0.2) is 9.18 Å². The Morgan fingerprint density at radius 2 is 2.22 bits per heavy atom. The van der Waals surface area contributed by atoms with Crippen LogP contribution < -0.4 is 10.6 Å². The smallest absolute Gasteiger partial charge is 0.319 e. The van der Waals surface area contributed by atoms with Crippen LogP contribution in [0, 0.1) is 18.2 Å². The summed E-state index contributed by atoms with van der Waals surface area (Å²) in [5.74, 6) is -0.384. The zero-order chi connectivity index (χ0) is 13.2. The molecule has 1 aliphatic carbocycles. The van der Waals surface area contributed by atoms with Crippen LogP contribution in [-0.4, -0.2) is 24.3 Å². The minimum Gasteiger partial charge on any atom is -0.396 e. The van der Waals surface area contributed by atoms with E-state index >= 15 is 0 Å². The maximum Gasteiger partial charge on any atom is 0.319 e. The Hall–Kier alpha value is -1.62. The molecule has 0 spiro atoms. The number of amides is 2. The van der Waals surface area contributed by atoms with Crippen molar-refractivity contribution >= 4 is 11.7 Å². The first-order valence-corrected chi connectivity index (χ1v) is 5.97. The standard InChI is InChI=1S/C13H17FN2O2/c1-9-2-3-10(14)6-11(9)16-12(18)15-7-13(8-17)4-5-13/h2-3,6,17H,4-5,7-8H2,1H3,(H2,15,16,18). The van der Waals surface area contributed by atoms with Crippen LogP contribution in [0.2, 0.25) is 0 Å². The van der Waals surface area contributed by atoms with Crippen LogP contribution in [0.5, 0.6) is 0 Å². The molecule has 18 heavy (non-hydrogen) atoms. The van der Waals surface area contributed by atoms with E-state index in [1.54, 1.807) is 13.0 Å². The number of aliphatic hydroxyl groups excluding tert-OH is 1. The molecule has 1 aromatic carbocycles. The average Bonchev–Trinajstić information content (AvgIpc) is 3.12. The highest BCUT2D eigenvalue weighted by atomic mass is 19.1. The van der Waals surface area contributed by atoms with E-state index in [0.29, 0.717) is 12.2 Å². The number of rotatable bonds is 4. The molecule has 0 heterocycles. The lowest BCUT2D eigenvalue weighted by Gasteiger charge is -2.14. The molecule has 2 rings (SSSR count). The number of carbonyl (C=O) groups is 1. The number of halogens is 1. The predicted octanol–water partition coefficient (Wildman–Crippen LogP) is 2.03. The summed E-state index contributed by atoms with van der Waals surface area (Å²) in [6, 6.07) is 3.88. The van der Waals surface area contributed by atoms with Crippen LogP contribution in [0.1, 0.15) is 18.4 Å². The Bertz CT molecular complexity index is 458. The van der Waals surface area contributed by atoms with Gasteiger partial charge in [0.1, 0.15) is 5.82 Å². The molecular formula is C13H17FN2O2. The van der Waals surface area contributed by atoms with Crippen molar-refractivity contribution in [2.45, 2.75) is 19.8 Å². The number of hydrogen-bond acceptors (Lipinski definition) is 2. The van der Waals surface area contributed by atoms with Gasteiger partial charge in [-0.05, 0) is 37.5 Å². The van der Waals surface area contributed by atoms with E-state index in [4.69, 9.17) is 5.11 Å². The fraction of sp³-hybridized carbons (Fsp3) is 0.462. The lowest BCUT2D eigenvalue weighted by atomic mass is 10.1. The van der Waals surface area contributed by atoms with Crippen molar-refractivity contribution in [3.63, 3.8) is 0 Å². The second kappa shape index (κ2) is 4.94. The van der Waals surface area contributed by atoms with Crippen LogP contribution in [-0.2, 0) is 0 Å². The lowest BCUT2D eigenvalue weighted by molar-refractivity contribution is 0.206. The molecule has 4 nitrogen and oxygen atoms in total. The first-order valence-electron chi connectivity index (χ1n) is 5.97. The van der Waals surface area contributed by atoms with Crippen molar-refractivity contribution < 1.29 is 14.3 Å². The summed E-state index contributed by atoms with van der Waals surface area (Å²) >= 11 is 0. The minimum absolute atomic E-state index is 0.0896. The van der Waals surface area contributed by atoms with Crippen LogP contribution in [0.3, 0.4) is 0 Å². The molecule has 0 radical (unpaired) electrons. The van der Waals surface area contributed by atoms with Gasteiger partial charge < -0.3 is 15.7 Å². The van der Waals surface area contributed by atoms with Crippen molar-refractivity contribution in [3.05, 3.63) is 29.6 Å². The van der Waals surface area contributed by atoms with Gasteiger partial charge in [-0.1, -0.05) is 6.07 Å². The number of aryl methyl sites for hydroxylation is 1. The first-order chi connectivity index (χ1) is 8.54. The maximum absolute atomic E-state index is 13.0. The normalized spacial score (nSPS) is 16.2. The highest BCUT2D eigenvalue weighted by Gasteiger charge is 2.42. The van der Waals surface area contributed by atoms with Crippen molar-refractivity contribution in [3.8, 4) is 0 Å². The molecule has 0 saturated heterocycles. The number of anilines is 1. The fourth-order valence-corrected chi connectivity index (χ4v) is 1.73. The average molecular weight is 252 g/mol. The molecule has 98 valence electrons. The minimum atomic E-state index is -0.384. The van der Waals surface area contributed by atoms with Gasteiger partial charge in [0.2, 0.25) is 0 Å². The SMILES string of the molecule is Cc1ccc(F)cc1NC(=O)NCC1(CO)CC1. The van der Waals surface area contributed by atoms with Crippen LogP contribution in [0.15, 0.2) is 18.2 Å². The third-order valence-corrected chi connectivity index (χ3v) is 3.36. The van der Waals surface area contributed by atoms with Gasteiger partial charge in [0, 0.05) is 17.6 Å². The fourth-order valence-electron chi connectivity index (χ4n) is 1.73. The molecule has 3 N–H and O–H groups in total. The molecule has 1 aliphatic rings. The molecule has 0 aromatic heterocycles. The summed E-state index contributed by atoms with van der Waals surface area (Å²) in [6.45, 7) is 2.33. The number of urea groups is 1. The van der Waals surface area contributed by atoms with Gasteiger partial charge in [0.25, 0.3) is 0 Å².